The molecular weight excluding hydrogens is 198 g/mol. The highest BCUT2D eigenvalue weighted by Gasteiger charge is 2.15. The van der Waals surface area contributed by atoms with E-state index in [1.165, 1.54) is 0 Å². The van der Waals surface area contributed by atoms with Crippen LogP contribution in [0.1, 0.15) is 31.0 Å². The van der Waals surface area contributed by atoms with E-state index in [0.29, 0.717) is 5.02 Å². The zero-order chi connectivity index (χ0) is 10.7. The van der Waals surface area contributed by atoms with Crippen molar-refractivity contribution in [1.29, 1.82) is 0 Å². The molecule has 3 heteroatoms. The molecule has 2 nitrogen and oxygen atoms in total. The average Bonchev–Trinajstić information content (AvgIpc) is 2.16. The maximum Gasteiger partial charge on any atom is 0.0704 e. The maximum atomic E-state index is 9.41. The molecule has 3 N–H and O–H groups in total. The summed E-state index contributed by atoms with van der Waals surface area (Å²) in [6.45, 7) is 3.74. The van der Waals surface area contributed by atoms with Crippen molar-refractivity contribution in [2.45, 2.75) is 32.4 Å². The second kappa shape index (κ2) is 4.78. The van der Waals surface area contributed by atoms with Crippen LogP contribution in [0.5, 0.6) is 0 Å². The van der Waals surface area contributed by atoms with Gasteiger partial charge in [0.1, 0.15) is 0 Å². The van der Waals surface area contributed by atoms with Gasteiger partial charge < -0.3 is 10.8 Å². The summed E-state index contributed by atoms with van der Waals surface area (Å²) in [6.07, 6.45) is 0.331. The van der Waals surface area contributed by atoms with Crippen molar-refractivity contribution in [2.75, 3.05) is 0 Å². The van der Waals surface area contributed by atoms with Crippen LogP contribution in [0.4, 0.5) is 0 Å². The lowest BCUT2D eigenvalue weighted by molar-refractivity contribution is 0.164. The highest BCUT2D eigenvalue weighted by atomic mass is 35.5. The second-order valence-electron chi connectivity index (χ2n) is 3.46. The fourth-order valence-corrected chi connectivity index (χ4v) is 1.66. The van der Waals surface area contributed by atoms with Crippen LogP contribution in [0.25, 0.3) is 0 Å². The van der Waals surface area contributed by atoms with Crippen LogP contribution in [0.3, 0.4) is 0 Å². The van der Waals surface area contributed by atoms with Crippen LogP contribution in [-0.2, 0) is 6.42 Å². The summed E-state index contributed by atoms with van der Waals surface area (Å²) in [5.41, 5.74) is 7.95. The van der Waals surface area contributed by atoms with Gasteiger partial charge in [-0.15, -0.1) is 0 Å². The van der Waals surface area contributed by atoms with Crippen molar-refractivity contribution >= 4 is 11.6 Å². The Kier molecular flexibility index (Phi) is 3.93. The largest absolute Gasteiger partial charge is 0.391 e. The van der Waals surface area contributed by atoms with Crippen molar-refractivity contribution in [3.8, 4) is 0 Å². The molecule has 1 rings (SSSR count). The summed E-state index contributed by atoms with van der Waals surface area (Å²) in [5.74, 6) is 0. The van der Waals surface area contributed by atoms with Crippen molar-refractivity contribution in [3.63, 3.8) is 0 Å². The van der Waals surface area contributed by atoms with Crippen molar-refractivity contribution in [1.82, 2.24) is 0 Å². The van der Waals surface area contributed by atoms with E-state index in [4.69, 9.17) is 17.3 Å². The summed E-state index contributed by atoms with van der Waals surface area (Å²) in [7, 11) is 0. The van der Waals surface area contributed by atoms with E-state index in [1.807, 2.05) is 19.1 Å². The first kappa shape index (κ1) is 11.5. The van der Waals surface area contributed by atoms with E-state index in [2.05, 4.69) is 0 Å². The van der Waals surface area contributed by atoms with Crippen LogP contribution >= 0.6 is 11.6 Å². The number of benzene rings is 1. The first-order valence-electron chi connectivity index (χ1n) is 4.78. The quantitative estimate of drug-likeness (QED) is 0.810. The summed E-state index contributed by atoms with van der Waals surface area (Å²) in [5, 5.41) is 10.1. The molecule has 0 aliphatic carbocycles. The molecular formula is C11H16ClNO. The van der Waals surface area contributed by atoms with E-state index in [9.17, 15) is 5.11 Å². The molecule has 0 spiro atoms. The Morgan fingerprint density at radius 2 is 2.14 bits per heavy atom. The van der Waals surface area contributed by atoms with E-state index >= 15 is 0 Å². The van der Waals surface area contributed by atoms with Crippen LogP contribution in [0.2, 0.25) is 5.02 Å². The Morgan fingerprint density at radius 1 is 1.50 bits per heavy atom. The van der Waals surface area contributed by atoms with Gasteiger partial charge in [0.25, 0.3) is 0 Å². The smallest absolute Gasteiger partial charge is 0.0704 e. The first-order valence-corrected chi connectivity index (χ1v) is 5.16. The minimum Gasteiger partial charge on any atom is -0.391 e. The molecule has 0 unspecified atom stereocenters. The van der Waals surface area contributed by atoms with E-state index in [1.54, 1.807) is 13.0 Å². The Bertz CT molecular complexity index is 312. The summed E-state index contributed by atoms with van der Waals surface area (Å²) < 4.78 is 0. The van der Waals surface area contributed by atoms with E-state index < -0.39 is 6.10 Å². The fraction of sp³-hybridized carbons (Fsp3) is 0.455. The molecule has 78 valence electrons. The molecule has 14 heavy (non-hydrogen) atoms. The summed E-state index contributed by atoms with van der Waals surface area (Å²) in [4.78, 5) is 0. The highest BCUT2D eigenvalue weighted by molar-refractivity contribution is 6.30. The zero-order valence-electron chi connectivity index (χ0n) is 8.50. The summed E-state index contributed by atoms with van der Waals surface area (Å²) in [6, 6.07) is 5.26. The summed E-state index contributed by atoms with van der Waals surface area (Å²) >= 11 is 5.88. The van der Waals surface area contributed by atoms with Crippen LogP contribution in [-0.4, -0.2) is 11.2 Å². The minimum atomic E-state index is -0.540. The third-order valence-corrected chi connectivity index (χ3v) is 2.60. The van der Waals surface area contributed by atoms with Gasteiger partial charge in [0, 0.05) is 5.02 Å². The lowest BCUT2D eigenvalue weighted by Crippen LogP contribution is -2.24. The Hall–Kier alpha value is -0.570. The van der Waals surface area contributed by atoms with Gasteiger partial charge in [-0.1, -0.05) is 24.6 Å². The molecule has 0 aliphatic heterocycles. The lowest BCUT2D eigenvalue weighted by atomic mass is 9.96. The molecule has 0 radical (unpaired) electrons. The van der Waals surface area contributed by atoms with E-state index in [-0.39, 0.29) is 6.04 Å². The van der Waals surface area contributed by atoms with Gasteiger partial charge in [0.05, 0.1) is 12.1 Å². The molecule has 0 bridgehead atoms. The normalized spacial score (nSPS) is 15.2. The molecule has 0 saturated heterocycles. The molecule has 0 fully saturated rings. The predicted molar refractivity (Wildman–Crippen MR) is 59.4 cm³/mol. The number of aryl methyl sites for hydroxylation is 1. The van der Waals surface area contributed by atoms with Gasteiger partial charge >= 0.3 is 0 Å². The van der Waals surface area contributed by atoms with Crippen LogP contribution < -0.4 is 5.73 Å². The topological polar surface area (TPSA) is 46.2 Å². The molecule has 0 saturated carbocycles. The van der Waals surface area contributed by atoms with Gasteiger partial charge in [-0.2, -0.15) is 0 Å². The first-order chi connectivity index (χ1) is 6.56. The SMILES string of the molecule is CCc1cc(Cl)ccc1[C@@H](N)[C@H](C)O. The van der Waals surface area contributed by atoms with Crippen molar-refractivity contribution < 1.29 is 5.11 Å². The van der Waals surface area contributed by atoms with Crippen LogP contribution in [0.15, 0.2) is 18.2 Å². The Morgan fingerprint density at radius 3 is 2.64 bits per heavy atom. The molecule has 2 atom stereocenters. The number of aliphatic hydroxyl groups is 1. The van der Waals surface area contributed by atoms with Gasteiger partial charge in [-0.05, 0) is 36.6 Å². The third-order valence-electron chi connectivity index (χ3n) is 2.36. The van der Waals surface area contributed by atoms with Crippen LogP contribution in [0, 0.1) is 0 Å². The number of hydrogen-bond donors (Lipinski definition) is 2. The zero-order valence-corrected chi connectivity index (χ0v) is 9.25. The maximum absolute atomic E-state index is 9.41. The third kappa shape index (κ3) is 2.47. The molecule has 0 aromatic heterocycles. The van der Waals surface area contributed by atoms with Gasteiger partial charge in [0.2, 0.25) is 0 Å². The average molecular weight is 214 g/mol. The number of halogens is 1. The van der Waals surface area contributed by atoms with Crippen molar-refractivity contribution in [3.05, 3.63) is 34.3 Å². The highest BCUT2D eigenvalue weighted by Crippen LogP contribution is 2.23. The Labute approximate surface area is 89.7 Å². The predicted octanol–water partition coefficient (Wildman–Crippen LogP) is 2.28. The molecule has 1 aromatic carbocycles. The van der Waals surface area contributed by atoms with Crippen molar-refractivity contribution in [2.24, 2.45) is 5.73 Å². The fourth-order valence-electron chi connectivity index (χ4n) is 1.47. The Balaban J connectivity index is 3.07. The second-order valence-corrected chi connectivity index (χ2v) is 3.90. The monoisotopic (exact) mass is 213 g/mol. The van der Waals surface area contributed by atoms with Gasteiger partial charge in [-0.25, -0.2) is 0 Å². The molecule has 0 heterocycles. The molecule has 0 amide bonds. The van der Waals surface area contributed by atoms with Gasteiger partial charge in [0.15, 0.2) is 0 Å². The van der Waals surface area contributed by atoms with Gasteiger partial charge in [-0.3, -0.25) is 0 Å². The van der Waals surface area contributed by atoms with E-state index in [0.717, 1.165) is 17.5 Å². The number of aliphatic hydroxyl groups excluding tert-OH is 1. The minimum absolute atomic E-state index is 0.331. The lowest BCUT2D eigenvalue weighted by Gasteiger charge is -2.18. The number of hydrogen-bond acceptors (Lipinski definition) is 2. The number of nitrogens with two attached hydrogens (primary N) is 1. The standard InChI is InChI=1S/C11H16ClNO/c1-3-8-6-9(12)4-5-10(8)11(13)7(2)14/h4-7,11,14H,3,13H2,1-2H3/t7-,11-/m0/s1. The number of rotatable bonds is 3. The molecule has 1 aromatic rings. The molecule has 0 aliphatic rings.